The van der Waals surface area contributed by atoms with Crippen molar-refractivity contribution in [2.45, 2.75) is 40.2 Å². The van der Waals surface area contributed by atoms with E-state index in [1.165, 1.54) is 0 Å². The molecule has 1 aromatic carbocycles. The van der Waals surface area contributed by atoms with E-state index in [2.05, 4.69) is 19.2 Å². The van der Waals surface area contributed by atoms with E-state index in [1.807, 2.05) is 32.0 Å². The van der Waals surface area contributed by atoms with Crippen LogP contribution >= 0.6 is 0 Å². The number of benzene rings is 1. The first-order chi connectivity index (χ1) is 10.8. The number of hydrogen-bond acceptors (Lipinski definition) is 3. The number of amides is 2. The van der Waals surface area contributed by atoms with Crippen molar-refractivity contribution in [3.63, 3.8) is 0 Å². The third-order valence-corrected chi connectivity index (χ3v) is 4.49. The molecule has 1 aliphatic rings. The van der Waals surface area contributed by atoms with Crippen molar-refractivity contribution in [1.82, 2.24) is 5.32 Å². The number of rotatable bonds is 5. The Labute approximate surface area is 138 Å². The van der Waals surface area contributed by atoms with Crippen molar-refractivity contribution in [2.24, 2.45) is 11.8 Å². The summed E-state index contributed by atoms with van der Waals surface area (Å²) < 4.78 is 5.36. The second kappa shape index (κ2) is 7.02. The average molecular weight is 318 g/mol. The SMILES string of the molecule is COc1ccc(C)cc1N1C[C@@H](C(=O)N[C@@H](C)C(C)C)CC1=O. The molecule has 1 aromatic rings. The number of carbonyl (C=O) groups is 2. The summed E-state index contributed by atoms with van der Waals surface area (Å²) in [4.78, 5) is 26.4. The number of nitrogens with zero attached hydrogens (tertiary/aromatic N) is 1. The van der Waals surface area contributed by atoms with E-state index in [-0.39, 0.29) is 30.2 Å². The lowest BCUT2D eigenvalue weighted by molar-refractivity contribution is -0.127. The van der Waals surface area contributed by atoms with Gasteiger partial charge in [-0.05, 0) is 37.5 Å². The quantitative estimate of drug-likeness (QED) is 0.907. The predicted molar refractivity (Wildman–Crippen MR) is 90.6 cm³/mol. The number of carbonyl (C=O) groups excluding carboxylic acids is 2. The molecule has 1 aliphatic heterocycles. The lowest BCUT2D eigenvalue weighted by Crippen LogP contribution is -2.40. The van der Waals surface area contributed by atoms with E-state index in [1.54, 1.807) is 12.0 Å². The number of nitrogens with one attached hydrogen (secondary N) is 1. The fourth-order valence-electron chi connectivity index (χ4n) is 2.64. The number of aryl methyl sites for hydroxylation is 1. The molecule has 0 aliphatic carbocycles. The highest BCUT2D eigenvalue weighted by Crippen LogP contribution is 2.34. The Balaban J connectivity index is 2.14. The van der Waals surface area contributed by atoms with Crippen molar-refractivity contribution in [3.8, 4) is 5.75 Å². The van der Waals surface area contributed by atoms with E-state index in [4.69, 9.17) is 4.74 Å². The molecule has 126 valence electrons. The van der Waals surface area contributed by atoms with Gasteiger partial charge in [0.15, 0.2) is 0 Å². The first kappa shape index (κ1) is 17.3. The second-order valence-electron chi connectivity index (χ2n) is 6.62. The maximum Gasteiger partial charge on any atom is 0.227 e. The summed E-state index contributed by atoms with van der Waals surface area (Å²) in [5, 5.41) is 3.00. The minimum absolute atomic E-state index is 0.0359. The van der Waals surface area contributed by atoms with Crippen LogP contribution in [0.5, 0.6) is 5.75 Å². The van der Waals surface area contributed by atoms with Crippen molar-refractivity contribution in [3.05, 3.63) is 23.8 Å². The zero-order valence-corrected chi connectivity index (χ0v) is 14.6. The van der Waals surface area contributed by atoms with Crippen LogP contribution in [-0.4, -0.2) is 31.5 Å². The average Bonchev–Trinajstić information content (AvgIpc) is 2.89. The summed E-state index contributed by atoms with van der Waals surface area (Å²) in [6.45, 7) is 8.48. The van der Waals surface area contributed by atoms with Gasteiger partial charge in [-0.1, -0.05) is 19.9 Å². The summed E-state index contributed by atoms with van der Waals surface area (Å²) in [5.74, 6) is 0.624. The van der Waals surface area contributed by atoms with Crippen LogP contribution in [0.25, 0.3) is 0 Å². The summed E-state index contributed by atoms with van der Waals surface area (Å²) >= 11 is 0. The Morgan fingerprint density at radius 3 is 2.65 bits per heavy atom. The van der Waals surface area contributed by atoms with Crippen LogP contribution < -0.4 is 15.0 Å². The Hall–Kier alpha value is -2.04. The molecule has 0 bridgehead atoms. The monoisotopic (exact) mass is 318 g/mol. The van der Waals surface area contributed by atoms with Crippen molar-refractivity contribution < 1.29 is 14.3 Å². The van der Waals surface area contributed by atoms with Gasteiger partial charge in [0, 0.05) is 19.0 Å². The van der Waals surface area contributed by atoms with Gasteiger partial charge in [0.1, 0.15) is 5.75 Å². The van der Waals surface area contributed by atoms with Crippen molar-refractivity contribution in [1.29, 1.82) is 0 Å². The largest absolute Gasteiger partial charge is 0.495 e. The van der Waals surface area contributed by atoms with Crippen LogP contribution in [0.3, 0.4) is 0 Å². The van der Waals surface area contributed by atoms with E-state index in [0.717, 1.165) is 11.3 Å². The standard InChI is InChI=1S/C18H26N2O3/c1-11(2)13(4)19-18(22)14-9-17(21)20(10-14)15-8-12(3)6-7-16(15)23-5/h6-8,11,13-14H,9-10H2,1-5H3,(H,19,22)/t13-,14-/m0/s1. The van der Waals surface area contributed by atoms with E-state index >= 15 is 0 Å². The van der Waals surface area contributed by atoms with Crippen LogP contribution in [0.4, 0.5) is 5.69 Å². The Morgan fingerprint density at radius 1 is 1.35 bits per heavy atom. The first-order valence-corrected chi connectivity index (χ1v) is 8.08. The molecule has 1 saturated heterocycles. The van der Waals surface area contributed by atoms with E-state index < -0.39 is 0 Å². The summed E-state index contributed by atoms with van der Waals surface area (Å²) in [7, 11) is 1.59. The van der Waals surface area contributed by atoms with Gasteiger partial charge in [-0.15, -0.1) is 0 Å². The number of anilines is 1. The molecule has 0 aromatic heterocycles. The van der Waals surface area contributed by atoms with Gasteiger partial charge in [0.05, 0.1) is 18.7 Å². The lowest BCUT2D eigenvalue weighted by Gasteiger charge is -2.21. The molecular weight excluding hydrogens is 292 g/mol. The minimum atomic E-state index is -0.311. The lowest BCUT2D eigenvalue weighted by atomic mass is 10.0. The summed E-state index contributed by atoms with van der Waals surface area (Å²) in [6, 6.07) is 5.82. The third-order valence-electron chi connectivity index (χ3n) is 4.49. The highest BCUT2D eigenvalue weighted by molar-refractivity contribution is 6.01. The maximum absolute atomic E-state index is 12.4. The van der Waals surface area contributed by atoms with E-state index in [9.17, 15) is 9.59 Å². The Bertz CT molecular complexity index is 598. The Morgan fingerprint density at radius 2 is 2.04 bits per heavy atom. The Kier molecular flexibility index (Phi) is 5.29. The molecular formula is C18H26N2O3. The molecule has 2 rings (SSSR count). The zero-order chi connectivity index (χ0) is 17.1. The summed E-state index contributed by atoms with van der Waals surface area (Å²) in [5.41, 5.74) is 1.79. The minimum Gasteiger partial charge on any atom is -0.495 e. The fraction of sp³-hybridized carbons (Fsp3) is 0.556. The number of methoxy groups -OCH3 is 1. The van der Waals surface area contributed by atoms with Crippen LogP contribution in [-0.2, 0) is 9.59 Å². The molecule has 1 heterocycles. The molecule has 2 atom stereocenters. The molecule has 0 radical (unpaired) electrons. The summed E-state index contributed by atoms with van der Waals surface area (Å²) in [6.07, 6.45) is 0.244. The highest BCUT2D eigenvalue weighted by atomic mass is 16.5. The molecule has 5 nitrogen and oxygen atoms in total. The molecule has 0 saturated carbocycles. The predicted octanol–water partition coefficient (Wildman–Crippen LogP) is 2.52. The van der Waals surface area contributed by atoms with Gasteiger partial charge in [-0.25, -0.2) is 0 Å². The van der Waals surface area contributed by atoms with Crippen LogP contribution in [0, 0.1) is 18.8 Å². The molecule has 0 spiro atoms. The van der Waals surface area contributed by atoms with Crippen LogP contribution in [0.1, 0.15) is 32.8 Å². The van der Waals surface area contributed by atoms with Gasteiger partial charge >= 0.3 is 0 Å². The van der Waals surface area contributed by atoms with Gasteiger partial charge in [-0.2, -0.15) is 0 Å². The molecule has 0 unspecified atom stereocenters. The fourth-order valence-corrected chi connectivity index (χ4v) is 2.64. The van der Waals surface area contributed by atoms with Gasteiger partial charge in [0.25, 0.3) is 0 Å². The van der Waals surface area contributed by atoms with Crippen LogP contribution in [0.15, 0.2) is 18.2 Å². The number of hydrogen-bond donors (Lipinski definition) is 1. The maximum atomic E-state index is 12.4. The molecule has 23 heavy (non-hydrogen) atoms. The molecule has 5 heteroatoms. The molecule has 1 N–H and O–H groups in total. The second-order valence-corrected chi connectivity index (χ2v) is 6.62. The van der Waals surface area contributed by atoms with E-state index in [0.29, 0.717) is 18.2 Å². The number of ether oxygens (including phenoxy) is 1. The van der Waals surface area contributed by atoms with Crippen molar-refractivity contribution >= 4 is 17.5 Å². The first-order valence-electron chi connectivity index (χ1n) is 8.08. The third kappa shape index (κ3) is 3.84. The van der Waals surface area contributed by atoms with Crippen LogP contribution in [0.2, 0.25) is 0 Å². The molecule has 1 fully saturated rings. The van der Waals surface area contributed by atoms with Gasteiger partial charge in [-0.3, -0.25) is 9.59 Å². The highest BCUT2D eigenvalue weighted by Gasteiger charge is 2.36. The topological polar surface area (TPSA) is 58.6 Å². The van der Waals surface area contributed by atoms with Gasteiger partial charge < -0.3 is 15.0 Å². The normalized spacial score (nSPS) is 19.1. The molecule has 2 amide bonds. The smallest absolute Gasteiger partial charge is 0.227 e. The zero-order valence-electron chi connectivity index (χ0n) is 14.6. The van der Waals surface area contributed by atoms with Crippen molar-refractivity contribution in [2.75, 3.05) is 18.6 Å². The van der Waals surface area contributed by atoms with Gasteiger partial charge in [0.2, 0.25) is 11.8 Å².